The molecule has 1 aliphatic heterocycles. The monoisotopic (exact) mass is 249 g/mol. The van der Waals surface area contributed by atoms with Crippen LogP contribution in [0.3, 0.4) is 0 Å². The van der Waals surface area contributed by atoms with Crippen molar-refractivity contribution in [3.8, 4) is 11.3 Å². The summed E-state index contributed by atoms with van der Waals surface area (Å²) in [5.74, 6) is 1.96. The lowest BCUT2D eigenvalue weighted by atomic mass is 10.1. The third-order valence-electron chi connectivity index (χ3n) is 3.17. The van der Waals surface area contributed by atoms with E-state index >= 15 is 0 Å². The molecule has 0 aliphatic carbocycles. The molecule has 2 N–H and O–H groups in total. The predicted molar refractivity (Wildman–Crippen MR) is 72.3 cm³/mol. The van der Waals surface area contributed by atoms with Crippen LogP contribution in [0.25, 0.3) is 11.3 Å². The van der Waals surface area contributed by atoms with Crippen LogP contribution in [0.5, 0.6) is 0 Å². The van der Waals surface area contributed by atoms with Crippen molar-refractivity contribution in [2.45, 2.75) is 25.8 Å². The number of anilines is 1. The number of fused-ring (bicyclic) bond motifs is 1. The molecule has 4 heteroatoms. The zero-order valence-corrected chi connectivity index (χ0v) is 10.4. The number of hydrogen-bond acceptors (Lipinski definition) is 2. The largest absolute Gasteiger partial charge is 0.383 e. The van der Waals surface area contributed by atoms with Crippen LogP contribution in [-0.4, -0.2) is 9.55 Å². The van der Waals surface area contributed by atoms with Crippen LogP contribution < -0.4 is 5.73 Å². The van der Waals surface area contributed by atoms with Gasteiger partial charge >= 0.3 is 0 Å². The van der Waals surface area contributed by atoms with Gasteiger partial charge < -0.3 is 10.3 Å². The normalized spacial score (nSPS) is 13.9. The summed E-state index contributed by atoms with van der Waals surface area (Å²) in [5, 5.41) is 0. The number of rotatable bonds is 1. The van der Waals surface area contributed by atoms with Gasteiger partial charge in [-0.05, 0) is 12.8 Å². The van der Waals surface area contributed by atoms with E-state index in [1.165, 1.54) is 12.8 Å². The maximum Gasteiger partial charge on any atom is 0.131 e. The number of benzene rings is 1. The van der Waals surface area contributed by atoms with Gasteiger partial charge in [0.25, 0.3) is 0 Å². The molecule has 90 valence electrons. The number of nitrogens with two attached hydrogens (primary N) is 1. The van der Waals surface area contributed by atoms with Gasteiger partial charge in [0, 0.05) is 18.5 Å². The van der Waals surface area contributed by atoms with Crippen molar-refractivity contribution in [1.82, 2.24) is 9.55 Å². The fraction of sp³-hybridized carbons (Fsp3) is 0.308. The summed E-state index contributed by atoms with van der Waals surface area (Å²) in [6, 6.07) is 10.2. The van der Waals surface area contributed by atoms with E-state index < -0.39 is 0 Å². The van der Waals surface area contributed by atoms with Crippen molar-refractivity contribution in [3.05, 3.63) is 36.2 Å². The molecule has 2 aromatic rings. The van der Waals surface area contributed by atoms with Gasteiger partial charge in [0.15, 0.2) is 0 Å². The summed E-state index contributed by atoms with van der Waals surface area (Å²) in [7, 11) is 0. The van der Waals surface area contributed by atoms with Crippen LogP contribution in [0.1, 0.15) is 18.7 Å². The second-order valence-electron chi connectivity index (χ2n) is 4.24. The highest BCUT2D eigenvalue weighted by atomic mass is 35.5. The molecule has 0 radical (unpaired) electrons. The van der Waals surface area contributed by atoms with Gasteiger partial charge in [-0.25, -0.2) is 4.98 Å². The summed E-state index contributed by atoms with van der Waals surface area (Å²) < 4.78 is 2.16. The third-order valence-corrected chi connectivity index (χ3v) is 3.17. The van der Waals surface area contributed by atoms with E-state index in [0.717, 1.165) is 35.9 Å². The average Bonchev–Trinajstić information content (AvgIpc) is 2.69. The summed E-state index contributed by atoms with van der Waals surface area (Å²) >= 11 is 0. The standard InChI is InChI=1S/C13H15N3.ClH/c14-13-12(10-6-2-1-3-7-10)15-11-8-4-5-9-16(11)13;/h1-3,6-7H,4-5,8-9,14H2;1H. The highest BCUT2D eigenvalue weighted by Gasteiger charge is 2.18. The molecule has 0 saturated heterocycles. The SMILES string of the molecule is Cl.Nc1c(-c2ccccc2)nc2n1CCCC2. The first-order valence-corrected chi connectivity index (χ1v) is 5.76. The minimum Gasteiger partial charge on any atom is -0.383 e. The van der Waals surface area contributed by atoms with Crippen molar-refractivity contribution in [2.75, 3.05) is 5.73 Å². The van der Waals surface area contributed by atoms with Crippen molar-refractivity contribution in [1.29, 1.82) is 0 Å². The topological polar surface area (TPSA) is 43.8 Å². The summed E-state index contributed by atoms with van der Waals surface area (Å²) in [4.78, 5) is 4.66. The molecular formula is C13H16ClN3. The molecule has 0 fully saturated rings. The van der Waals surface area contributed by atoms with Crippen molar-refractivity contribution >= 4 is 18.2 Å². The van der Waals surface area contributed by atoms with Gasteiger partial charge in [-0.1, -0.05) is 30.3 Å². The van der Waals surface area contributed by atoms with Gasteiger partial charge in [-0.2, -0.15) is 0 Å². The predicted octanol–water partition coefficient (Wildman–Crippen LogP) is 2.89. The minimum atomic E-state index is 0. The van der Waals surface area contributed by atoms with Crippen molar-refractivity contribution < 1.29 is 0 Å². The van der Waals surface area contributed by atoms with E-state index in [0.29, 0.717) is 0 Å². The first kappa shape index (κ1) is 12.0. The minimum absolute atomic E-state index is 0. The number of nitrogen functional groups attached to an aromatic ring is 1. The van der Waals surface area contributed by atoms with Crippen LogP contribution in [-0.2, 0) is 13.0 Å². The van der Waals surface area contributed by atoms with Gasteiger partial charge in [-0.15, -0.1) is 12.4 Å². The number of hydrogen-bond donors (Lipinski definition) is 1. The Morgan fingerprint density at radius 2 is 1.88 bits per heavy atom. The fourth-order valence-corrected chi connectivity index (χ4v) is 2.32. The van der Waals surface area contributed by atoms with E-state index in [1.54, 1.807) is 0 Å². The molecular weight excluding hydrogens is 234 g/mol. The first-order chi connectivity index (χ1) is 7.86. The Bertz CT molecular complexity index is 505. The van der Waals surface area contributed by atoms with E-state index in [2.05, 4.69) is 21.7 Å². The van der Waals surface area contributed by atoms with E-state index in [9.17, 15) is 0 Å². The molecule has 0 atom stereocenters. The fourth-order valence-electron chi connectivity index (χ4n) is 2.32. The Hall–Kier alpha value is -1.48. The summed E-state index contributed by atoms with van der Waals surface area (Å²) in [5.41, 5.74) is 8.21. The smallest absolute Gasteiger partial charge is 0.131 e. The van der Waals surface area contributed by atoms with Crippen LogP contribution in [0, 0.1) is 0 Å². The molecule has 2 heterocycles. The van der Waals surface area contributed by atoms with Gasteiger partial charge in [0.05, 0.1) is 0 Å². The first-order valence-electron chi connectivity index (χ1n) is 5.76. The van der Waals surface area contributed by atoms with Crippen molar-refractivity contribution in [3.63, 3.8) is 0 Å². The quantitative estimate of drug-likeness (QED) is 0.845. The average molecular weight is 250 g/mol. The Morgan fingerprint density at radius 3 is 2.59 bits per heavy atom. The third kappa shape index (κ3) is 2.03. The molecule has 3 rings (SSSR count). The van der Waals surface area contributed by atoms with E-state index in [1.807, 2.05) is 18.2 Å². The number of nitrogens with zero attached hydrogens (tertiary/aromatic N) is 2. The molecule has 0 spiro atoms. The zero-order chi connectivity index (χ0) is 11.0. The van der Waals surface area contributed by atoms with Crippen LogP contribution >= 0.6 is 12.4 Å². The molecule has 3 nitrogen and oxygen atoms in total. The van der Waals surface area contributed by atoms with Gasteiger partial charge in [0.2, 0.25) is 0 Å². The molecule has 0 saturated carbocycles. The zero-order valence-electron chi connectivity index (χ0n) is 9.60. The maximum absolute atomic E-state index is 6.16. The number of aromatic nitrogens is 2. The molecule has 0 unspecified atom stereocenters. The Balaban J connectivity index is 0.00000108. The van der Waals surface area contributed by atoms with Gasteiger partial charge in [-0.3, -0.25) is 0 Å². The second-order valence-corrected chi connectivity index (χ2v) is 4.24. The van der Waals surface area contributed by atoms with Crippen LogP contribution in [0.2, 0.25) is 0 Å². The number of halogens is 1. The van der Waals surface area contributed by atoms with Crippen molar-refractivity contribution in [2.24, 2.45) is 0 Å². The molecule has 1 aliphatic rings. The highest BCUT2D eigenvalue weighted by Crippen LogP contribution is 2.29. The molecule has 17 heavy (non-hydrogen) atoms. The second kappa shape index (κ2) is 4.80. The molecule has 0 bridgehead atoms. The highest BCUT2D eigenvalue weighted by molar-refractivity contribution is 5.85. The number of imidazole rings is 1. The Kier molecular flexibility index (Phi) is 3.38. The Labute approximate surface area is 107 Å². The number of aryl methyl sites for hydroxylation is 1. The molecule has 1 aromatic carbocycles. The maximum atomic E-state index is 6.16. The summed E-state index contributed by atoms with van der Waals surface area (Å²) in [6.07, 6.45) is 3.49. The van der Waals surface area contributed by atoms with Gasteiger partial charge in [0.1, 0.15) is 17.3 Å². The lowest BCUT2D eigenvalue weighted by molar-refractivity contribution is 0.527. The summed E-state index contributed by atoms with van der Waals surface area (Å²) in [6.45, 7) is 1.01. The van der Waals surface area contributed by atoms with E-state index in [-0.39, 0.29) is 12.4 Å². The molecule has 0 amide bonds. The van der Waals surface area contributed by atoms with E-state index in [4.69, 9.17) is 5.73 Å². The van der Waals surface area contributed by atoms with Crippen LogP contribution in [0.15, 0.2) is 30.3 Å². The Morgan fingerprint density at radius 1 is 1.12 bits per heavy atom. The molecule has 1 aromatic heterocycles. The van der Waals surface area contributed by atoms with Crippen LogP contribution in [0.4, 0.5) is 5.82 Å². The lowest BCUT2D eigenvalue weighted by Crippen LogP contribution is -2.12. The lowest BCUT2D eigenvalue weighted by Gasteiger charge is -2.14.